The lowest BCUT2D eigenvalue weighted by atomic mass is 9.58. The molecule has 0 spiro atoms. The zero-order valence-electron chi connectivity index (χ0n) is 19.7. The number of aliphatic hydroxyl groups is 2. The van der Waals surface area contributed by atoms with Crippen molar-refractivity contribution in [3.05, 3.63) is 23.3 Å². The summed E-state index contributed by atoms with van der Waals surface area (Å²) in [7, 11) is 0. The number of ether oxygens (including phenoxy) is 4. The van der Waals surface area contributed by atoms with E-state index in [0.717, 1.165) is 0 Å². The zero-order chi connectivity index (χ0) is 23.9. The van der Waals surface area contributed by atoms with E-state index in [2.05, 4.69) is 6.58 Å². The summed E-state index contributed by atoms with van der Waals surface area (Å²) in [5, 5.41) is 22.5. The molecule has 11 atom stereocenters. The molecule has 3 aliphatic carbocycles. The molecule has 11 unspecified atom stereocenters. The van der Waals surface area contributed by atoms with E-state index in [4.69, 9.17) is 18.9 Å². The van der Waals surface area contributed by atoms with Gasteiger partial charge in [0, 0.05) is 29.4 Å². The number of carbonyl (C=O) groups is 2. The highest BCUT2D eigenvalue weighted by atomic mass is 16.7. The minimum Gasteiger partial charge on any atom is -0.459 e. The van der Waals surface area contributed by atoms with Crippen LogP contribution >= 0.6 is 0 Å². The Morgan fingerprint density at radius 3 is 2.70 bits per heavy atom. The van der Waals surface area contributed by atoms with Crippen LogP contribution in [0.25, 0.3) is 0 Å². The molecule has 8 nitrogen and oxygen atoms in total. The van der Waals surface area contributed by atoms with Gasteiger partial charge in [-0.25, -0.2) is 4.79 Å². The maximum Gasteiger partial charge on any atom is 0.336 e. The molecule has 8 heteroatoms. The van der Waals surface area contributed by atoms with Gasteiger partial charge in [-0.15, -0.1) is 0 Å². The molecule has 0 bridgehead atoms. The van der Waals surface area contributed by atoms with Crippen LogP contribution < -0.4 is 0 Å². The van der Waals surface area contributed by atoms with Crippen molar-refractivity contribution in [2.24, 2.45) is 23.7 Å². The van der Waals surface area contributed by atoms with Crippen LogP contribution in [-0.4, -0.2) is 63.1 Å². The van der Waals surface area contributed by atoms with Gasteiger partial charge in [-0.05, 0) is 38.2 Å². The van der Waals surface area contributed by atoms with Gasteiger partial charge in [0.05, 0.1) is 12.0 Å². The number of hydrogen-bond donors (Lipinski definition) is 2. The predicted molar refractivity (Wildman–Crippen MR) is 113 cm³/mol. The molecule has 3 aliphatic heterocycles. The molecule has 0 amide bonds. The van der Waals surface area contributed by atoms with Crippen LogP contribution in [0.15, 0.2) is 23.3 Å². The van der Waals surface area contributed by atoms with E-state index >= 15 is 0 Å². The Labute approximate surface area is 192 Å². The second-order valence-electron chi connectivity index (χ2n) is 11.3. The van der Waals surface area contributed by atoms with E-state index < -0.39 is 52.6 Å². The molecule has 6 rings (SSSR count). The van der Waals surface area contributed by atoms with Gasteiger partial charge in [0.2, 0.25) is 5.79 Å². The Morgan fingerprint density at radius 1 is 1.33 bits per heavy atom. The average Bonchev–Trinajstić information content (AvgIpc) is 3.58. The van der Waals surface area contributed by atoms with E-state index in [1.54, 1.807) is 6.92 Å². The van der Waals surface area contributed by atoms with Gasteiger partial charge in [-0.1, -0.05) is 27.4 Å². The molecule has 0 aromatic carbocycles. The van der Waals surface area contributed by atoms with Crippen molar-refractivity contribution in [3.63, 3.8) is 0 Å². The first-order valence-electron chi connectivity index (χ1n) is 12.0. The van der Waals surface area contributed by atoms with E-state index in [0.29, 0.717) is 29.6 Å². The summed E-state index contributed by atoms with van der Waals surface area (Å²) in [5.41, 5.74) is -1.03. The minimum absolute atomic E-state index is 0.0163. The second kappa shape index (κ2) is 6.08. The van der Waals surface area contributed by atoms with Crippen LogP contribution in [0.4, 0.5) is 0 Å². The number of aliphatic hydroxyl groups excluding tert-OH is 1. The van der Waals surface area contributed by atoms with Crippen LogP contribution in [0.1, 0.15) is 53.9 Å². The Kier molecular flexibility index (Phi) is 4.01. The molecule has 0 aromatic heterocycles. The Morgan fingerprint density at radius 2 is 2.03 bits per heavy atom. The van der Waals surface area contributed by atoms with Crippen LogP contribution in [0.3, 0.4) is 0 Å². The lowest BCUT2D eigenvalue weighted by molar-refractivity contribution is -0.190. The fraction of sp³-hybridized carbons (Fsp3) is 0.760. The average molecular weight is 461 g/mol. The van der Waals surface area contributed by atoms with E-state index in [9.17, 15) is 19.8 Å². The summed E-state index contributed by atoms with van der Waals surface area (Å²) in [6.07, 6.45) is -0.822. The predicted octanol–water partition coefficient (Wildman–Crippen LogP) is 1.78. The summed E-state index contributed by atoms with van der Waals surface area (Å²) in [6.45, 7) is 13.7. The fourth-order valence-corrected chi connectivity index (χ4v) is 7.72. The summed E-state index contributed by atoms with van der Waals surface area (Å²) in [4.78, 5) is 25.4. The Bertz CT molecular complexity index is 1030. The van der Waals surface area contributed by atoms with E-state index in [1.165, 1.54) is 0 Å². The maximum atomic E-state index is 12.9. The van der Waals surface area contributed by atoms with Crippen molar-refractivity contribution in [3.8, 4) is 0 Å². The lowest BCUT2D eigenvalue weighted by Crippen LogP contribution is -2.56. The van der Waals surface area contributed by atoms with Crippen molar-refractivity contribution < 1.29 is 38.7 Å². The summed E-state index contributed by atoms with van der Waals surface area (Å²) in [6, 6.07) is 0. The van der Waals surface area contributed by atoms with Gasteiger partial charge in [0.1, 0.15) is 29.0 Å². The van der Waals surface area contributed by atoms with Gasteiger partial charge in [0.15, 0.2) is 0 Å². The number of epoxide rings is 2. The standard InChI is InChI=1S/C25H32O8/c1-7-10(2)19(27)30-18-11(3)8-23-21-22(6,32-21)17-15-13(5)20(28)31-24(15,29)9-14(26)12(4)16(17)25(18,23)33-23/h10-11,14,16-18,21,26,29H,4,7-9H2,1-3,5-6H3. The Hall–Kier alpha value is -1.74. The molecule has 180 valence electrons. The number of hydrogen-bond acceptors (Lipinski definition) is 8. The first-order chi connectivity index (χ1) is 15.4. The molecule has 2 saturated heterocycles. The van der Waals surface area contributed by atoms with Crippen LogP contribution in [-0.2, 0) is 28.5 Å². The van der Waals surface area contributed by atoms with Gasteiger partial charge >= 0.3 is 11.9 Å². The van der Waals surface area contributed by atoms with Gasteiger partial charge < -0.3 is 29.2 Å². The van der Waals surface area contributed by atoms with Crippen molar-refractivity contribution in [2.45, 2.75) is 94.8 Å². The van der Waals surface area contributed by atoms with Crippen molar-refractivity contribution >= 4 is 11.9 Å². The number of esters is 2. The molecule has 3 saturated carbocycles. The summed E-state index contributed by atoms with van der Waals surface area (Å²) in [5.74, 6) is -4.05. The zero-order valence-corrected chi connectivity index (χ0v) is 19.7. The van der Waals surface area contributed by atoms with E-state index in [-0.39, 0.29) is 30.3 Å². The van der Waals surface area contributed by atoms with Crippen LogP contribution in [0, 0.1) is 23.7 Å². The van der Waals surface area contributed by atoms with Gasteiger partial charge in [-0.3, -0.25) is 4.79 Å². The largest absolute Gasteiger partial charge is 0.459 e. The third-order valence-corrected chi connectivity index (χ3v) is 9.47. The van der Waals surface area contributed by atoms with E-state index in [1.807, 2.05) is 27.7 Å². The number of fused-ring (bicyclic) bond motifs is 5. The highest BCUT2D eigenvalue weighted by Crippen LogP contribution is 2.81. The smallest absolute Gasteiger partial charge is 0.336 e. The molecule has 6 aliphatic rings. The topological polar surface area (TPSA) is 118 Å². The normalized spacial score (nSPS) is 54.3. The third kappa shape index (κ3) is 2.27. The number of rotatable bonds is 3. The van der Waals surface area contributed by atoms with Crippen LogP contribution in [0.5, 0.6) is 0 Å². The highest BCUT2D eigenvalue weighted by molar-refractivity contribution is 5.92. The molecule has 3 heterocycles. The SMILES string of the molecule is C=C1C(O)CC2(O)OC(=O)C(C)=C2C2C1C13OC1(CC(C)C3OC(=O)C(C)CC)C1OC21C. The monoisotopic (exact) mass is 460 g/mol. The molecular weight excluding hydrogens is 428 g/mol. The van der Waals surface area contributed by atoms with Gasteiger partial charge in [0.25, 0.3) is 0 Å². The highest BCUT2D eigenvalue weighted by Gasteiger charge is 2.96. The second-order valence-corrected chi connectivity index (χ2v) is 11.3. The summed E-state index contributed by atoms with van der Waals surface area (Å²) < 4.78 is 24.4. The minimum atomic E-state index is -1.93. The first kappa shape index (κ1) is 21.8. The molecule has 0 radical (unpaired) electrons. The summed E-state index contributed by atoms with van der Waals surface area (Å²) >= 11 is 0. The molecule has 2 N–H and O–H groups in total. The molecule has 5 fully saturated rings. The van der Waals surface area contributed by atoms with Crippen molar-refractivity contribution in [1.29, 1.82) is 0 Å². The quantitative estimate of drug-likeness (QED) is 0.372. The Balaban J connectivity index is 1.52. The maximum absolute atomic E-state index is 12.9. The third-order valence-electron chi connectivity index (χ3n) is 9.47. The molecule has 33 heavy (non-hydrogen) atoms. The number of carbonyl (C=O) groups excluding carboxylic acids is 2. The molecule has 0 aromatic rings. The van der Waals surface area contributed by atoms with Crippen molar-refractivity contribution in [1.82, 2.24) is 0 Å². The lowest BCUT2D eigenvalue weighted by Gasteiger charge is -2.42. The van der Waals surface area contributed by atoms with Crippen LogP contribution in [0.2, 0.25) is 0 Å². The fourth-order valence-electron chi connectivity index (χ4n) is 7.72. The van der Waals surface area contributed by atoms with Crippen molar-refractivity contribution in [2.75, 3.05) is 0 Å². The first-order valence-corrected chi connectivity index (χ1v) is 12.0. The van der Waals surface area contributed by atoms with Gasteiger partial charge in [-0.2, -0.15) is 0 Å². The molecular formula is C25H32O8.